The molecule has 1 atom stereocenters. The summed E-state index contributed by atoms with van der Waals surface area (Å²) in [4.78, 5) is 0. The molecule has 1 nitrogen and oxygen atoms in total. The van der Waals surface area contributed by atoms with Gasteiger partial charge in [-0.3, -0.25) is 0 Å². The van der Waals surface area contributed by atoms with Gasteiger partial charge in [0.1, 0.15) is 5.82 Å². The lowest BCUT2D eigenvalue weighted by Crippen LogP contribution is -2.09. The molecule has 0 bridgehead atoms. The molecule has 0 unspecified atom stereocenters. The molecule has 0 radical (unpaired) electrons. The normalized spacial score (nSPS) is 12.8. The molecular weight excluding hydrogens is 167 g/mol. The highest BCUT2D eigenvalue weighted by Gasteiger charge is 2.03. The van der Waals surface area contributed by atoms with E-state index in [9.17, 15) is 9.50 Å². The Balaban J connectivity index is 2.49. The van der Waals surface area contributed by atoms with Gasteiger partial charge in [-0.05, 0) is 30.5 Å². The summed E-state index contributed by atoms with van der Waals surface area (Å²) in [6.45, 7) is 2.04. The topological polar surface area (TPSA) is 20.2 Å². The Morgan fingerprint density at radius 1 is 1.31 bits per heavy atom. The Kier molecular flexibility index (Phi) is 3.90. The third kappa shape index (κ3) is 3.55. The quantitative estimate of drug-likeness (QED) is 0.758. The van der Waals surface area contributed by atoms with Crippen molar-refractivity contribution >= 4 is 0 Å². The van der Waals surface area contributed by atoms with Crippen LogP contribution in [0.25, 0.3) is 0 Å². The monoisotopic (exact) mass is 182 g/mol. The van der Waals surface area contributed by atoms with Gasteiger partial charge in [-0.2, -0.15) is 0 Å². The van der Waals surface area contributed by atoms with Crippen LogP contribution in [0.5, 0.6) is 0 Å². The molecular formula is C11H15FO. The molecule has 0 aliphatic heterocycles. The van der Waals surface area contributed by atoms with Crippen molar-refractivity contribution in [2.75, 3.05) is 0 Å². The van der Waals surface area contributed by atoms with E-state index < -0.39 is 0 Å². The first kappa shape index (κ1) is 10.2. The van der Waals surface area contributed by atoms with E-state index in [1.54, 1.807) is 12.1 Å². The van der Waals surface area contributed by atoms with Crippen molar-refractivity contribution in [1.82, 2.24) is 0 Å². The third-order valence-corrected chi connectivity index (χ3v) is 2.01. The average Bonchev–Trinajstić information content (AvgIpc) is 2.09. The molecule has 0 fully saturated rings. The minimum absolute atomic E-state index is 0.228. The molecule has 0 aliphatic rings. The van der Waals surface area contributed by atoms with Crippen LogP contribution in [0.3, 0.4) is 0 Å². The van der Waals surface area contributed by atoms with Crippen molar-refractivity contribution in [2.45, 2.75) is 32.3 Å². The maximum atomic E-state index is 12.5. The van der Waals surface area contributed by atoms with Crippen molar-refractivity contribution in [2.24, 2.45) is 0 Å². The molecule has 0 amide bonds. The highest BCUT2D eigenvalue weighted by atomic mass is 19.1. The average molecular weight is 182 g/mol. The molecule has 1 aromatic carbocycles. The summed E-state index contributed by atoms with van der Waals surface area (Å²) in [5.74, 6) is -0.228. The first-order valence-electron chi connectivity index (χ1n) is 4.65. The zero-order valence-electron chi connectivity index (χ0n) is 7.83. The van der Waals surface area contributed by atoms with Crippen LogP contribution in [0.2, 0.25) is 0 Å². The van der Waals surface area contributed by atoms with E-state index in [0.717, 1.165) is 18.4 Å². The predicted octanol–water partition coefficient (Wildman–Crippen LogP) is 2.53. The van der Waals surface area contributed by atoms with Crippen molar-refractivity contribution in [3.8, 4) is 0 Å². The van der Waals surface area contributed by atoms with E-state index in [-0.39, 0.29) is 11.9 Å². The lowest BCUT2D eigenvalue weighted by atomic mass is 10.0. The number of hydrogen-bond donors (Lipinski definition) is 1. The highest BCUT2D eigenvalue weighted by Crippen LogP contribution is 2.08. The van der Waals surface area contributed by atoms with Gasteiger partial charge in [-0.15, -0.1) is 0 Å². The van der Waals surface area contributed by atoms with Gasteiger partial charge in [0.15, 0.2) is 0 Å². The first-order chi connectivity index (χ1) is 6.22. The number of hydrogen-bond acceptors (Lipinski definition) is 1. The smallest absolute Gasteiger partial charge is 0.123 e. The van der Waals surface area contributed by atoms with Crippen molar-refractivity contribution in [3.63, 3.8) is 0 Å². The molecule has 2 heteroatoms. The molecule has 72 valence electrons. The second-order valence-corrected chi connectivity index (χ2v) is 3.27. The summed E-state index contributed by atoms with van der Waals surface area (Å²) in [5.41, 5.74) is 0.988. The summed E-state index contributed by atoms with van der Waals surface area (Å²) < 4.78 is 12.5. The van der Waals surface area contributed by atoms with Gasteiger partial charge in [0, 0.05) is 0 Å². The standard InChI is InChI=1S/C11H15FO/c1-2-3-11(13)8-9-4-6-10(12)7-5-9/h4-7,11,13H,2-3,8H2,1H3/t11-/m0/s1. The van der Waals surface area contributed by atoms with Gasteiger partial charge in [0.05, 0.1) is 6.10 Å². The molecule has 0 aromatic heterocycles. The molecule has 1 rings (SSSR count). The fourth-order valence-corrected chi connectivity index (χ4v) is 1.33. The van der Waals surface area contributed by atoms with Crippen LogP contribution in [0.4, 0.5) is 4.39 Å². The Hall–Kier alpha value is -0.890. The zero-order chi connectivity index (χ0) is 9.68. The number of halogens is 1. The summed E-state index contributed by atoms with van der Waals surface area (Å²) in [5, 5.41) is 9.48. The van der Waals surface area contributed by atoms with E-state index in [0.29, 0.717) is 6.42 Å². The van der Waals surface area contributed by atoms with Crippen LogP contribution in [0.1, 0.15) is 25.3 Å². The lowest BCUT2D eigenvalue weighted by molar-refractivity contribution is 0.164. The molecule has 0 saturated heterocycles. The van der Waals surface area contributed by atoms with Crippen molar-refractivity contribution in [3.05, 3.63) is 35.6 Å². The summed E-state index contributed by atoms with van der Waals surface area (Å²) in [7, 11) is 0. The fraction of sp³-hybridized carbons (Fsp3) is 0.455. The SMILES string of the molecule is CCC[C@H](O)Cc1ccc(F)cc1. The van der Waals surface area contributed by atoms with Gasteiger partial charge >= 0.3 is 0 Å². The largest absolute Gasteiger partial charge is 0.393 e. The van der Waals surface area contributed by atoms with Crippen LogP contribution in [-0.2, 0) is 6.42 Å². The van der Waals surface area contributed by atoms with Gasteiger partial charge in [0.25, 0.3) is 0 Å². The van der Waals surface area contributed by atoms with E-state index in [2.05, 4.69) is 0 Å². The molecule has 13 heavy (non-hydrogen) atoms. The molecule has 0 heterocycles. The second-order valence-electron chi connectivity index (χ2n) is 3.27. The zero-order valence-corrected chi connectivity index (χ0v) is 7.83. The van der Waals surface area contributed by atoms with Crippen molar-refractivity contribution in [1.29, 1.82) is 0 Å². The van der Waals surface area contributed by atoms with E-state index >= 15 is 0 Å². The Bertz CT molecular complexity index is 243. The van der Waals surface area contributed by atoms with E-state index in [1.165, 1.54) is 12.1 Å². The lowest BCUT2D eigenvalue weighted by Gasteiger charge is -2.08. The Morgan fingerprint density at radius 2 is 1.92 bits per heavy atom. The number of benzene rings is 1. The first-order valence-corrected chi connectivity index (χ1v) is 4.65. The Labute approximate surface area is 78.2 Å². The number of aliphatic hydroxyl groups excluding tert-OH is 1. The van der Waals surface area contributed by atoms with Crippen LogP contribution >= 0.6 is 0 Å². The van der Waals surface area contributed by atoms with Crippen molar-refractivity contribution < 1.29 is 9.50 Å². The number of rotatable bonds is 4. The number of aliphatic hydroxyl groups is 1. The fourth-order valence-electron chi connectivity index (χ4n) is 1.33. The van der Waals surface area contributed by atoms with Crippen LogP contribution < -0.4 is 0 Å². The van der Waals surface area contributed by atoms with E-state index in [1.807, 2.05) is 6.92 Å². The molecule has 0 spiro atoms. The van der Waals surface area contributed by atoms with Crippen LogP contribution in [0.15, 0.2) is 24.3 Å². The molecule has 1 N–H and O–H groups in total. The van der Waals surface area contributed by atoms with Gasteiger partial charge in [-0.1, -0.05) is 25.5 Å². The van der Waals surface area contributed by atoms with Crippen LogP contribution in [0, 0.1) is 5.82 Å². The molecule has 0 saturated carbocycles. The van der Waals surface area contributed by atoms with Gasteiger partial charge in [0.2, 0.25) is 0 Å². The van der Waals surface area contributed by atoms with Gasteiger partial charge in [-0.25, -0.2) is 4.39 Å². The maximum Gasteiger partial charge on any atom is 0.123 e. The summed E-state index contributed by atoms with van der Waals surface area (Å²) in [6.07, 6.45) is 2.10. The molecule has 0 aliphatic carbocycles. The van der Waals surface area contributed by atoms with Crippen LogP contribution in [-0.4, -0.2) is 11.2 Å². The summed E-state index contributed by atoms with van der Waals surface area (Å²) in [6, 6.07) is 6.28. The Morgan fingerprint density at radius 3 is 2.46 bits per heavy atom. The highest BCUT2D eigenvalue weighted by molar-refractivity contribution is 5.16. The minimum atomic E-state index is -0.296. The summed E-state index contributed by atoms with van der Waals surface area (Å²) >= 11 is 0. The maximum absolute atomic E-state index is 12.5. The third-order valence-electron chi connectivity index (χ3n) is 2.01. The van der Waals surface area contributed by atoms with E-state index in [4.69, 9.17) is 0 Å². The van der Waals surface area contributed by atoms with Gasteiger partial charge < -0.3 is 5.11 Å². The predicted molar refractivity (Wildman–Crippen MR) is 51.0 cm³/mol. The minimum Gasteiger partial charge on any atom is -0.393 e. The molecule has 1 aromatic rings. The second kappa shape index (κ2) is 4.97.